The highest BCUT2D eigenvalue weighted by atomic mass is 16.5. The average Bonchev–Trinajstić information content (AvgIpc) is 2.41. The lowest BCUT2D eigenvalue weighted by molar-refractivity contribution is 0.0134. The molecule has 1 aliphatic rings. The lowest BCUT2D eigenvalue weighted by Gasteiger charge is -2.22. The maximum atomic E-state index is 5.69. The van der Waals surface area contributed by atoms with E-state index >= 15 is 0 Å². The van der Waals surface area contributed by atoms with Gasteiger partial charge in [0.15, 0.2) is 0 Å². The Bertz CT molecular complexity index is 351. The van der Waals surface area contributed by atoms with Gasteiger partial charge in [-0.05, 0) is 38.7 Å². The largest absolute Gasteiger partial charge is 0.478 e. The molecule has 0 radical (unpaired) electrons. The van der Waals surface area contributed by atoms with Gasteiger partial charge in [0, 0.05) is 19.2 Å². The average molecular weight is 250 g/mol. The van der Waals surface area contributed by atoms with Crippen LogP contribution in [0.3, 0.4) is 0 Å². The zero-order valence-electron chi connectivity index (χ0n) is 11.0. The maximum absolute atomic E-state index is 5.69. The third-order valence-electron chi connectivity index (χ3n) is 3.06. The molecule has 1 saturated heterocycles. The van der Waals surface area contributed by atoms with Crippen molar-refractivity contribution in [2.75, 3.05) is 25.1 Å². The summed E-state index contributed by atoms with van der Waals surface area (Å²) in [5.74, 6) is 1.55. The quantitative estimate of drug-likeness (QED) is 0.843. The Hall–Kier alpha value is -1.29. The number of aromatic nitrogens is 1. The Morgan fingerprint density at radius 2 is 2.39 bits per heavy atom. The lowest BCUT2D eigenvalue weighted by atomic mass is 10.1. The molecule has 2 rings (SSSR count). The molecule has 1 aromatic rings. The summed E-state index contributed by atoms with van der Waals surface area (Å²) in [6.45, 7) is 4.42. The first kappa shape index (κ1) is 13.1. The van der Waals surface area contributed by atoms with Crippen LogP contribution in [-0.2, 0) is 4.74 Å². The first-order valence-electron chi connectivity index (χ1n) is 6.84. The van der Waals surface area contributed by atoms with E-state index < -0.39 is 0 Å². The van der Waals surface area contributed by atoms with Crippen molar-refractivity contribution in [2.24, 2.45) is 0 Å². The van der Waals surface area contributed by atoms with Gasteiger partial charge >= 0.3 is 0 Å². The van der Waals surface area contributed by atoms with Gasteiger partial charge in [0.05, 0.1) is 12.7 Å². The summed E-state index contributed by atoms with van der Waals surface area (Å²) in [6.07, 6.45) is 5.15. The minimum absolute atomic E-state index is 0.418. The summed E-state index contributed by atoms with van der Waals surface area (Å²) >= 11 is 0. The van der Waals surface area contributed by atoms with E-state index in [0.29, 0.717) is 18.6 Å². The maximum Gasteiger partial charge on any atom is 0.215 e. The smallest absolute Gasteiger partial charge is 0.215 e. The zero-order valence-corrected chi connectivity index (χ0v) is 11.0. The molecule has 1 unspecified atom stereocenters. The van der Waals surface area contributed by atoms with Crippen LogP contribution < -0.4 is 10.1 Å². The normalized spacial score (nSPS) is 19.5. The molecular formula is C14H22N2O2. The van der Waals surface area contributed by atoms with Gasteiger partial charge in [-0.1, -0.05) is 6.07 Å². The number of ether oxygens (including phenoxy) is 2. The van der Waals surface area contributed by atoms with Crippen molar-refractivity contribution in [2.45, 2.75) is 38.7 Å². The molecule has 1 aromatic heterocycles. The molecule has 0 amide bonds. The molecule has 1 N–H and O–H groups in total. The minimum Gasteiger partial charge on any atom is -0.478 e. The molecule has 2 heterocycles. The molecule has 1 fully saturated rings. The van der Waals surface area contributed by atoms with Gasteiger partial charge in [0.25, 0.3) is 0 Å². The third kappa shape index (κ3) is 4.18. The van der Waals surface area contributed by atoms with Crippen molar-refractivity contribution in [1.82, 2.24) is 4.98 Å². The van der Waals surface area contributed by atoms with Crippen molar-refractivity contribution < 1.29 is 9.47 Å². The summed E-state index contributed by atoms with van der Waals surface area (Å²) in [7, 11) is 0. The minimum atomic E-state index is 0.418. The van der Waals surface area contributed by atoms with E-state index in [1.165, 1.54) is 19.3 Å². The van der Waals surface area contributed by atoms with Crippen LogP contribution in [0.2, 0.25) is 0 Å². The summed E-state index contributed by atoms with van der Waals surface area (Å²) in [5, 5.41) is 3.32. The van der Waals surface area contributed by atoms with Gasteiger partial charge in [-0.15, -0.1) is 0 Å². The number of anilines is 1. The Labute approximate surface area is 109 Å². The standard InChI is InChI=1S/C14H22N2O2/c1-2-17-14-8-5-7-13(16-14)15-10-9-12-6-3-4-11-18-12/h5,7-8,12H,2-4,6,9-11H2,1H3,(H,15,16). The predicted octanol–water partition coefficient (Wildman–Crippen LogP) is 2.85. The van der Waals surface area contributed by atoms with E-state index in [0.717, 1.165) is 25.4 Å². The number of rotatable bonds is 6. The highest BCUT2D eigenvalue weighted by molar-refractivity contribution is 5.36. The number of nitrogens with one attached hydrogen (secondary N) is 1. The predicted molar refractivity (Wildman–Crippen MR) is 72.1 cm³/mol. The van der Waals surface area contributed by atoms with Crippen molar-refractivity contribution in [1.29, 1.82) is 0 Å². The highest BCUT2D eigenvalue weighted by Gasteiger charge is 2.12. The molecular weight excluding hydrogens is 228 g/mol. The van der Waals surface area contributed by atoms with Crippen molar-refractivity contribution >= 4 is 5.82 Å². The van der Waals surface area contributed by atoms with Crippen LogP contribution in [0.15, 0.2) is 18.2 Å². The van der Waals surface area contributed by atoms with E-state index in [9.17, 15) is 0 Å². The van der Waals surface area contributed by atoms with Crippen LogP contribution in [-0.4, -0.2) is 30.8 Å². The molecule has 0 bridgehead atoms. The summed E-state index contributed by atoms with van der Waals surface area (Å²) in [5.41, 5.74) is 0. The Kier molecular flexibility index (Phi) is 5.27. The molecule has 4 nitrogen and oxygen atoms in total. The second kappa shape index (κ2) is 7.21. The topological polar surface area (TPSA) is 43.4 Å². The molecule has 1 aliphatic heterocycles. The van der Waals surface area contributed by atoms with E-state index in [1.54, 1.807) is 0 Å². The van der Waals surface area contributed by atoms with Crippen LogP contribution in [0.4, 0.5) is 5.82 Å². The molecule has 1 atom stereocenters. The molecule has 0 aliphatic carbocycles. The highest BCUT2D eigenvalue weighted by Crippen LogP contribution is 2.16. The van der Waals surface area contributed by atoms with Gasteiger partial charge in [-0.25, -0.2) is 0 Å². The number of hydrogen-bond donors (Lipinski definition) is 1. The molecule has 18 heavy (non-hydrogen) atoms. The first-order chi connectivity index (χ1) is 8.88. The van der Waals surface area contributed by atoms with Crippen molar-refractivity contribution in [3.8, 4) is 5.88 Å². The van der Waals surface area contributed by atoms with E-state index in [2.05, 4.69) is 10.3 Å². The second-order valence-electron chi connectivity index (χ2n) is 4.50. The molecule has 100 valence electrons. The van der Waals surface area contributed by atoms with Gasteiger partial charge in [-0.2, -0.15) is 4.98 Å². The summed E-state index contributed by atoms with van der Waals surface area (Å²) in [4.78, 5) is 4.37. The first-order valence-corrected chi connectivity index (χ1v) is 6.84. The number of nitrogens with zero attached hydrogens (tertiary/aromatic N) is 1. The van der Waals surface area contributed by atoms with Gasteiger partial charge < -0.3 is 14.8 Å². The molecule has 0 saturated carbocycles. The second-order valence-corrected chi connectivity index (χ2v) is 4.50. The van der Waals surface area contributed by atoms with Crippen LogP contribution in [0.1, 0.15) is 32.6 Å². The van der Waals surface area contributed by atoms with Crippen molar-refractivity contribution in [3.05, 3.63) is 18.2 Å². The van der Waals surface area contributed by atoms with Crippen LogP contribution in [0, 0.1) is 0 Å². The fourth-order valence-electron chi connectivity index (χ4n) is 2.14. The van der Waals surface area contributed by atoms with E-state index in [-0.39, 0.29) is 0 Å². The lowest BCUT2D eigenvalue weighted by Crippen LogP contribution is -2.22. The zero-order chi connectivity index (χ0) is 12.6. The molecule has 0 spiro atoms. The van der Waals surface area contributed by atoms with E-state index in [4.69, 9.17) is 9.47 Å². The molecule has 0 aromatic carbocycles. The third-order valence-corrected chi connectivity index (χ3v) is 3.06. The number of hydrogen-bond acceptors (Lipinski definition) is 4. The fraction of sp³-hybridized carbons (Fsp3) is 0.643. The Morgan fingerprint density at radius 3 is 3.17 bits per heavy atom. The van der Waals surface area contributed by atoms with Gasteiger partial charge in [0.1, 0.15) is 5.82 Å². The van der Waals surface area contributed by atoms with Crippen LogP contribution in [0.5, 0.6) is 5.88 Å². The van der Waals surface area contributed by atoms with Gasteiger partial charge in [0.2, 0.25) is 5.88 Å². The summed E-state index contributed by atoms with van der Waals surface area (Å²) < 4.78 is 11.1. The molecule has 4 heteroatoms. The van der Waals surface area contributed by atoms with E-state index in [1.807, 2.05) is 25.1 Å². The number of pyridine rings is 1. The monoisotopic (exact) mass is 250 g/mol. The van der Waals surface area contributed by atoms with Crippen molar-refractivity contribution in [3.63, 3.8) is 0 Å². The van der Waals surface area contributed by atoms with Crippen LogP contribution >= 0.6 is 0 Å². The SMILES string of the molecule is CCOc1cccc(NCCC2CCCCO2)n1. The summed E-state index contributed by atoms with van der Waals surface area (Å²) in [6, 6.07) is 5.79. The van der Waals surface area contributed by atoms with Crippen LogP contribution in [0.25, 0.3) is 0 Å². The fourth-order valence-corrected chi connectivity index (χ4v) is 2.14. The Balaban J connectivity index is 1.73. The van der Waals surface area contributed by atoms with Gasteiger partial charge in [-0.3, -0.25) is 0 Å². The Morgan fingerprint density at radius 1 is 1.44 bits per heavy atom.